The van der Waals surface area contributed by atoms with E-state index in [1.807, 2.05) is 18.2 Å². The summed E-state index contributed by atoms with van der Waals surface area (Å²) in [6.45, 7) is 0. The van der Waals surface area contributed by atoms with E-state index in [2.05, 4.69) is 376 Å². The highest BCUT2D eigenvalue weighted by Gasteiger charge is 2.27. The fourth-order valence-electron chi connectivity index (χ4n) is 18.1. The highest BCUT2D eigenvalue weighted by molar-refractivity contribution is 7.26. The number of benzene rings is 18. The SMILES string of the molecule is C1=CCC(c2nc(-c3c(-c4ccccc4-c4ccc(-c5ccccc5)c5ccccc45)ccc4ccccc34)nc(-c3cccc4c3sc3cccc(-c5cccc(-c6ccc(-c7ccc8cc(-c9ccc%10ccccc%10c9-c9nc(-c%10ccccc%10)nc(-c%10cccc%11c%10sc%10ccccc%10%11)n9)c9ccccc9c8c7)cc6)c5)c34)n2)C=C1. The molecule has 0 aliphatic heterocycles. The van der Waals surface area contributed by atoms with Gasteiger partial charge in [-0.2, -0.15) is 0 Å². The van der Waals surface area contributed by atoms with Crippen LogP contribution in [0.5, 0.6) is 0 Å². The van der Waals surface area contributed by atoms with Crippen molar-refractivity contribution in [3.05, 3.63) is 400 Å². The minimum Gasteiger partial charge on any atom is -0.212 e. The summed E-state index contributed by atoms with van der Waals surface area (Å²) >= 11 is 3.59. The smallest absolute Gasteiger partial charge is 0.165 e. The molecule has 0 spiro atoms. The van der Waals surface area contributed by atoms with Crippen molar-refractivity contribution >= 4 is 117 Å². The van der Waals surface area contributed by atoms with Crippen LogP contribution >= 0.6 is 22.7 Å². The van der Waals surface area contributed by atoms with Crippen LogP contribution in [0.1, 0.15) is 18.2 Å². The van der Waals surface area contributed by atoms with Gasteiger partial charge in [0.25, 0.3) is 0 Å². The first-order valence-corrected chi connectivity index (χ1v) is 41.8. The van der Waals surface area contributed by atoms with Gasteiger partial charge in [-0.15, -0.1) is 22.7 Å². The van der Waals surface area contributed by atoms with Gasteiger partial charge in [-0.05, 0) is 181 Å². The summed E-state index contributed by atoms with van der Waals surface area (Å²) in [5, 5.41) is 16.2. The van der Waals surface area contributed by atoms with Crippen LogP contribution in [0, 0.1) is 0 Å². The highest BCUT2D eigenvalue weighted by Crippen LogP contribution is 2.50. The lowest BCUT2D eigenvalue weighted by molar-refractivity contribution is 0.764. The minimum absolute atomic E-state index is 0.0441. The zero-order valence-electron chi connectivity index (χ0n) is 63.8. The van der Waals surface area contributed by atoms with E-state index < -0.39 is 0 Å². The quantitative estimate of drug-likeness (QED) is 0.107. The van der Waals surface area contributed by atoms with Gasteiger partial charge in [-0.1, -0.05) is 352 Å². The summed E-state index contributed by atoms with van der Waals surface area (Å²) < 4.78 is 4.72. The summed E-state index contributed by atoms with van der Waals surface area (Å²) in [6.07, 6.45) is 9.48. The van der Waals surface area contributed by atoms with E-state index >= 15 is 0 Å². The van der Waals surface area contributed by atoms with Crippen molar-refractivity contribution in [2.45, 2.75) is 12.3 Å². The Morgan fingerprint density at radius 3 is 1.38 bits per heavy atom. The summed E-state index contributed by atoms with van der Waals surface area (Å²) in [4.78, 5) is 33.1. The maximum absolute atomic E-state index is 5.70. The highest BCUT2D eigenvalue weighted by atomic mass is 32.1. The maximum atomic E-state index is 5.70. The molecule has 4 heterocycles. The number of fused-ring (bicyclic) bond motifs is 12. The third-order valence-corrected chi connectivity index (χ3v) is 26.2. The molecule has 6 nitrogen and oxygen atoms in total. The standard InChI is InChI=1S/C110H68N6S2/c1-4-26-69(27-5-1)78-62-63-88(83-39-15-14-38-82(78)83)84-40-16-17-41-85(84)90-60-58-70-28-10-12-36-79(70)101(90)109-113-106(73-32-8-3-9-33-73)112-108(116-109)95-49-24-47-93-100-81(45-25-51-99(100)118-104(93)95)76-35-22-34-74(64-76)67-52-54-68(55-53-67)75-56-57-77-66-97(87-43-19-18-42-86(87)96(77)65-75)91-61-59-71-29-11-13-37-80(71)102(91)110-114-105(72-30-6-2-7-31-72)111-107(115-110)94-48-23-46-92-89-44-20-21-50-98(89)117-103(92)94/h1-32,34-66,73H,33H2. The number of hydrogen-bond donors (Lipinski definition) is 0. The second kappa shape index (κ2) is 28.6. The van der Waals surface area contributed by atoms with Crippen LogP contribution in [0.3, 0.4) is 0 Å². The molecule has 8 heteroatoms. The van der Waals surface area contributed by atoms with Crippen molar-refractivity contribution in [3.63, 3.8) is 0 Å². The third-order valence-electron chi connectivity index (χ3n) is 23.7. The van der Waals surface area contributed by atoms with E-state index in [1.165, 1.54) is 74.7 Å². The Bertz CT molecular complexity index is 7920. The van der Waals surface area contributed by atoms with Gasteiger partial charge in [0.15, 0.2) is 29.1 Å². The Balaban J connectivity index is 0.593. The van der Waals surface area contributed by atoms with Gasteiger partial charge in [0.05, 0.1) is 0 Å². The molecule has 550 valence electrons. The van der Waals surface area contributed by atoms with E-state index in [-0.39, 0.29) is 5.92 Å². The number of rotatable bonds is 13. The van der Waals surface area contributed by atoms with Gasteiger partial charge in [0.2, 0.25) is 0 Å². The fourth-order valence-corrected chi connectivity index (χ4v) is 20.6. The molecule has 0 bridgehead atoms. The van der Waals surface area contributed by atoms with Crippen molar-refractivity contribution in [3.8, 4) is 135 Å². The zero-order chi connectivity index (χ0) is 77.7. The van der Waals surface area contributed by atoms with Crippen molar-refractivity contribution < 1.29 is 0 Å². The Kier molecular flexibility index (Phi) is 16.7. The molecule has 18 aromatic carbocycles. The Labute approximate surface area is 689 Å². The maximum Gasteiger partial charge on any atom is 0.165 e. The lowest BCUT2D eigenvalue weighted by Crippen LogP contribution is -2.08. The normalized spacial score (nSPS) is 12.9. The van der Waals surface area contributed by atoms with Gasteiger partial charge >= 0.3 is 0 Å². The minimum atomic E-state index is -0.0441. The van der Waals surface area contributed by atoms with Gasteiger partial charge in [0.1, 0.15) is 5.82 Å². The molecule has 0 fully saturated rings. The molecule has 22 aromatic rings. The molecule has 1 atom stereocenters. The molecule has 0 saturated heterocycles. The molecule has 0 N–H and O–H groups in total. The van der Waals surface area contributed by atoms with Crippen molar-refractivity contribution in [1.29, 1.82) is 0 Å². The molecule has 4 aromatic heterocycles. The molecule has 23 rings (SSSR count). The van der Waals surface area contributed by atoms with Crippen LogP contribution in [-0.2, 0) is 0 Å². The predicted molar refractivity (Wildman–Crippen MR) is 497 cm³/mol. The van der Waals surface area contributed by atoms with Crippen LogP contribution in [0.25, 0.3) is 229 Å². The first kappa shape index (κ1) is 68.8. The molecule has 118 heavy (non-hydrogen) atoms. The number of hydrogen-bond acceptors (Lipinski definition) is 8. The second-order valence-corrected chi connectivity index (χ2v) is 32.6. The van der Waals surface area contributed by atoms with Crippen LogP contribution in [0.4, 0.5) is 0 Å². The number of thiophene rings is 2. The van der Waals surface area contributed by atoms with Crippen LogP contribution < -0.4 is 0 Å². The molecule has 0 radical (unpaired) electrons. The van der Waals surface area contributed by atoms with Crippen LogP contribution in [0.2, 0.25) is 0 Å². The largest absolute Gasteiger partial charge is 0.212 e. The monoisotopic (exact) mass is 1540 g/mol. The first-order valence-electron chi connectivity index (χ1n) is 40.1. The van der Waals surface area contributed by atoms with Crippen molar-refractivity contribution in [2.24, 2.45) is 0 Å². The lowest BCUT2D eigenvalue weighted by Gasteiger charge is -2.19. The van der Waals surface area contributed by atoms with Crippen LogP contribution in [-0.4, -0.2) is 29.9 Å². The van der Waals surface area contributed by atoms with E-state index in [0.717, 1.165) is 137 Å². The molecule has 0 amide bonds. The topological polar surface area (TPSA) is 77.3 Å². The first-order chi connectivity index (χ1) is 58.5. The predicted octanol–water partition coefficient (Wildman–Crippen LogP) is 30.2. The van der Waals surface area contributed by atoms with Gasteiger partial charge in [-0.3, -0.25) is 0 Å². The summed E-state index contributed by atoms with van der Waals surface area (Å²) in [6, 6.07) is 134. The molecule has 1 aliphatic rings. The third kappa shape index (κ3) is 11.8. The average Bonchev–Trinajstić information content (AvgIpc) is 0.975. The second-order valence-electron chi connectivity index (χ2n) is 30.5. The number of aromatic nitrogens is 6. The molecular formula is C110H68N6S2. The number of nitrogens with zero attached hydrogens (tertiary/aromatic N) is 6. The number of allylic oxidation sites excluding steroid dienone is 4. The zero-order valence-corrected chi connectivity index (χ0v) is 65.4. The van der Waals surface area contributed by atoms with E-state index in [4.69, 9.17) is 29.9 Å². The Morgan fingerprint density at radius 2 is 0.669 bits per heavy atom. The fraction of sp³-hybridized carbons (Fsp3) is 0.0182. The average molecular weight is 1540 g/mol. The molecule has 1 aliphatic carbocycles. The molecule has 1 unspecified atom stereocenters. The Hall–Kier alpha value is -14.8. The van der Waals surface area contributed by atoms with Gasteiger partial charge in [0, 0.05) is 74.1 Å². The molecular weight excluding hydrogens is 1470 g/mol. The van der Waals surface area contributed by atoms with Gasteiger partial charge < -0.3 is 0 Å². The summed E-state index contributed by atoms with van der Waals surface area (Å²) in [7, 11) is 0. The van der Waals surface area contributed by atoms with Crippen LogP contribution in [0.15, 0.2) is 394 Å². The van der Waals surface area contributed by atoms with E-state index in [1.54, 1.807) is 22.7 Å². The van der Waals surface area contributed by atoms with E-state index in [0.29, 0.717) is 29.1 Å². The summed E-state index contributed by atoms with van der Waals surface area (Å²) in [5.41, 5.74) is 20.8. The van der Waals surface area contributed by atoms with Crippen molar-refractivity contribution in [1.82, 2.24) is 29.9 Å². The molecule has 0 saturated carbocycles. The van der Waals surface area contributed by atoms with Crippen molar-refractivity contribution in [2.75, 3.05) is 0 Å². The Morgan fingerprint density at radius 1 is 0.220 bits per heavy atom. The lowest BCUT2D eigenvalue weighted by atomic mass is 9.86. The summed E-state index contributed by atoms with van der Waals surface area (Å²) in [5.74, 6) is 3.90. The van der Waals surface area contributed by atoms with E-state index in [9.17, 15) is 0 Å². The van der Waals surface area contributed by atoms with Gasteiger partial charge in [-0.25, -0.2) is 29.9 Å².